The molecule has 0 atom stereocenters. The van der Waals surface area contributed by atoms with Gasteiger partial charge in [0.1, 0.15) is 17.1 Å². The molecule has 0 aliphatic rings. The Morgan fingerprint density at radius 2 is 2.24 bits per heavy atom. The van der Waals surface area contributed by atoms with Gasteiger partial charge in [0.05, 0.1) is 13.7 Å². The smallest absolute Gasteiger partial charge is 0.359 e. The topological polar surface area (TPSA) is 74.4 Å². The lowest BCUT2D eigenvalue weighted by Crippen LogP contribution is -2.13. The van der Waals surface area contributed by atoms with Crippen LogP contribution in [0.4, 0.5) is 14.5 Å². The van der Waals surface area contributed by atoms with Gasteiger partial charge in [0.25, 0.3) is 6.43 Å². The lowest BCUT2D eigenvalue weighted by molar-refractivity contribution is 0.0519. The van der Waals surface area contributed by atoms with Gasteiger partial charge in [-0.05, 0) is 6.92 Å². The summed E-state index contributed by atoms with van der Waals surface area (Å²) in [4.78, 5) is 14.9. The zero-order chi connectivity index (χ0) is 13.0. The van der Waals surface area contributed by atoms with Crippen molar-refractivity contribution in [1.29, 1.82) is 0 Å². The highest BCUT2D eigenvalue weighted by Crippen LogP contribution is 2.29. The molecule has 0 saturated heterocycles. The minimum absolute atomic E-state index is 0.0293. The molecule has 94 valence electrons. The number of pyridine rings is 1. The Morgan fingerprint density at radius 3 is 2.71 bits per heavy atom. The van der Waals surface area contributed by atoms with Gasteiger partial charge in [-0.3, -0.25) is 0 Å². The van der Waals surface area contributed by atoms with Crippen LogP contribution in [0.25, 0.3) is 0 Å². The third kappa shape index (κ3) is 2.80. The summed E-state index contributed by atoms with van der Waals surface area (Å²) in [7, 11) is 1.26. The number of nitrogens with two attached hydrogens (primary N) is 1. The molecule has 0 aliphatic heterocycles. The molecule has 1 heterocycles. The molecular weight excluding hydrogens is 234 g/mol. The number of hydrogen-bond acceptors (Lipinski definition) is 5. The van der Waals surface area contributed by atoms with Crippen LogP contribution in [-0.4, -0.2) is 24.7 Å². The van der Waals surface area contributed by atoms with Crippen LogP contribution in [0.15, 0.2) is 6.07 Å². The molecule has 5 nitrogen and oxygen atoms in total. The summed E-state index contributed by atoms with van der Waals surface area (Å²) in [5.41, 5.74) is 4.50. The van der Waals surface area contributed by atoms with E-state index in [0.29, 0.717) is 0 Å². The van der Waals surface area contributed by atoms with Crippen molar-refractivity contribution in [2.24, 2.45) is 0 Å². The summed E-state index contributed by atoms with van der Waals surface area (Å²) in [5, 5.41) is 0. The molecule has 0 spiro atoms. The fourth-order valence-corrected chi connectivity index (χ4v) is 1.19. The fourth-order valence-electron chi connectivity index (χ4n) is 1.19. The number of halogens is 2. The van der Waals surface area contributed by atoms with Gasteiger partial charge in [-0.1, -0.05) is 0 Å². The Labute approximate surface area is 96.5 Å². The van der Waals surface area contributed by atoms with Gasteiger partial charge in [-0.15, -0.1) is 0 Å². The molecular formula is C10H12F2N2O3. The number of ether oxygens (including phenoxy) is 2. The third-order valence-corrected chi connectivity index (χ3v) is 1.95. The second kappa shape index (κ2) is 5.42. The molecule has 17 heavy (non-hydrogen) atoms. The van der Waals surface area contributed by atoms with Gasteiger partial charge in [0.2, 0.25) is 0 Å². The third-order valence-electron chi connectivity index (χ3n) is 1.95. The number of rotatable bonds is 4. The monoisotopic (exact) mass is 246 g/mol. The molecule has 1 aromatic heterocycles. The van der Waals surface area contributed by atoms with E-state index in [1.807, 2.05) is 0 Å². The maximum Gasteiger partial charge on any atom is 0.359 e. The summed E-state index contributed by atoms with van der Waals surface area (Å²) in [6, 6.07) is 0.989. The molecule has 2 N–H and O–H groups in total. The molecule has 1 aromatic rings. The molecule has 0 amide bonds. The summed E-state index contributed by atoms with van der Waals surface area (Å²) in [6.07, 6.45) is -2.82. The van der Waals surface area contributed by atoms with Crippen molar-refractivity contribution in [2.45, 2.75) is 13.3 Å². The predicted octanol–water partition coefficient (Wildman–Crippen LogP) is 1.79. The first kappa shape index (κ1) is 13.1. The van der Waals surface area contributed by atoms with Crippen LogP contribution in [-0.2, 0) is 4.74 Å². The van der Waals surface area contributed by atoms with Gasteiger partial charge in [0.15, 0.2) is 5.69 Å². The fraction of sp³-hybridized carbons (Fsp3) is 0.400. The molecule has 0 fully saturated rings. The van der Waals surface area contributed by atoms with Gasteiger partial charge in [-0.25, -0.2) is 18.6 Å². The number of esters is 1. The van der Waals surface area contributed by atoms with Crippen molar-refractivity contribution < 1.29 is 23.0 Å². The van der Waals surface area contributed by atoms with Gasteiger partial charge >= 0.3 is 5.97 Å². The molecule has 0 unspecified atom stereocenters. The van der Waals surface area contributed by atoms with Crippen LogP contribution >= 0.6 is 0 Å². The van der Waals surface area contributed by atoms with Gasteiger partial charge in [-0.2, -0.15) is 0 Å². The Kier molecular flexibility index (Phi) is 4.19. The van der Waals surface area contributed by atoms with E-state index in [0.717, 1.165) is 6.07 Å². The number of aromatic nitrogens is 1. The second-order valence-electron chi connectivity index (χ2n) is 3.03. The lowest BCUT2D eigenvalue weighted by atomic mass is 10.2. The highest BCUT2D eigenvalue weighted by Gasteiger charge is 2.21. The normalized spacial score (nSPS) is 10.4. The largest absolute Gasteiger partial charge is 0.494 e. The second-order valence-corrected chi connectivity index (χ2v) is 3.03. The molecule has 0 aromatic carbocycles. The van der Waals surface area contributed by atoms with E-state index in [-0.39, 0.29) is 23.7 Å². The molecule has 0 aliphatic carbocycles. The van der Waals surface area contributed by atoms with Crippen molar-refractivity contribution in [3.05, 3.63) is 17.5 Å². The number of alkyl halides is 2. The van der Waals surface area contributed by atoms with E-state index in [2.05, 4.69) is 9.72 Å². The quantitative estimate of drug-likeness (QED) is 0.820. The zero-order valence-corrected chi connectivity index (χ0v) is 9.37. The SMILES string of the molecule is CCOC(=O)c1nc(C(F)F)cc(OC)c1N. The van der Waals surface area contributed by atoms with Crippen LogP contribution in [0.1, 0.15) is 29.5 Å². The molecule has 7 heteroatoms. The maximum absolute atomic E-state index is 12.5. The Morgan fingerprint density at radius 1 is 1.59 bits per heavy atom. The van der Waals surface area contributed by atoms with E-state index in [9.17, 15) is 13.6 Å². The first-order valence-electron chi connectivity index (χ1n) is 4.80. The van der Waals surface area contributed by atoms with E-state index < -0.39 is 18.1 Å². The van der Waals surface area contributed by atoms with E-state index >= 15 is 0 Å². The Balaban J connectivity index is 3.27. The summed E-state index contributed by atoms with van der Waals surface area (Å²) >= 11 is 0. The van der Waals surface area contributed by atoms with Crippen LogP contribution < -0.4 is 10.5 Å². The van der Waals surface area contributed by atoms with Crippen molar-refractivity contribution in [3.63, 3.8) is 0 Å². The minimum atomic E-state index is -2.82. The van der Waals surface area contributed by atoms with E-state index in [4.69, 9.17) is 10.5 Å². The standard InChI is InChI=1S/C10H12F2N2O3/c1-3-17-10(15)8-7(13)6(16-2)4-5(14-8)9(11)12/h4,9H,3,13H2,1-2H3. The van der Waals surface area contributed by atoms with E-state index in [1.165, 1.54) is 7.11 Å². The zero-order valence-electron chi connectivity index (χ0n) is 9.37. The van der Waals surface area contributed by atoms with Crippen LogP contribution in [0, 0.1) is 0 Å². The maximum atomic E-state index is 12.5. The summed E-state index contributed by atoms with van der Waals surface area (Å²) < 4.78 is 34.5. The number of methoxy groups -OCH3 is 1. The number of nitrogen functional groups attached to an aromatic ring is 1. The Hall–Kier alpha value is -1.92. The average Bonchev–Trinajstić information content (AvgIpc) is 2.29. The van der Waals surface area contributed by atoms with E-state index in [1.54, 1.807) is 6.92 Å². The molecule has 0 bridgehead atoms. The number of nitrogens with zero attached hydrogens (tertiary/aromatic N) is 1. The van der Waals surface area contributed by atoms with Crippen molar-refractivity contribution >= 4 is 11.7 Å². The van der Waals surface area contributed by atoms with Crippen molar-refractivity contribution in [3.8, 4) is 5.75 Å². The van der Waals surface area contributed by atoms with Crippen molar-refractivity contribution in [1.82, 2.24) is 4.98 Å². The van der Waals surface area contributed by atoms with Crippen LogP contribution in [0.5, 0.6) is 5.75 Å². The highest BCUT2D eigenvalue weighted by atomic mass is 19.3. The first-order valence-corrected chi connectivity index (χ1v) is 4.80. The Bertz CT molecular complexity index is 424. The number of anilines is 1. The number of hydrogen-bond donors (Lipinski definition) is 1. The number of carbonyl (C=O) groups is 1. The van der Waals surface area contributed by atoms with Gasteiger partial charge in [0, 0.05) is 6.07 Å². The number of carbonyl (C=O) groups excluding carboxylic acids is 1. The average molecular weight is 246 g/mol. The lowest BCUT2D eigenvalue weighted by Gasteiger charge is -2.11. The van der Waals surface area contributed by atoms with Crippen LogP contribution in [0.3, 0.4) is 0 Å². The minimum Gasteiger partial charge on any atom is -0.494 e. The molecule has 1 rings (SSSR count). The molecule has 0 radical (unpaired) electrons. The van der Waals surface area contributed by atoms with Gasteiger partial charge < -0.3 is 15.2 Å². The first-order chi connectivity index (χ1) is 8.01. The highest BCUT2D eigenvalue weighted by molar-refractivity contribution is 5.94. The van der Waals surface area contributed by atoms with Crippen molar-refractivity contribution in [2.75, 3.05) is 19.5 Å². The van der Waals surface area contributed by atoms with Crippen LogP contribution in [0.2, 0.25) is 0 Å². The molecule has 0 saturated carbocycles. The predicted molar refractivity (Wildman–Crippen MR) is 56.1 cm³/mol. The summed E-state index contributed by atoms with van der Waals surface area (Å²) in [5.74, 6) is -0.885. The summed E-state index contributed by atoms with van der Waals surface area (Å²) in [6.45, 7) is 1.68.